The number of ether oxygens (including phenoxy) is 1. The van der Waals surface area contributed by atoms with E-state index in [0.717, 1.165) is 17.8 Å². The Labute approximate surface area is 164 Å². The second kappa shape index (κ2) is 8.02. The molecule has 3 heterocycles. The van der Waals surface area contributed by atoms with Gasteiger partial charge in [-0.2, -0.15) is 5.10 Å². The van der Waals surface area contributed by atoms with Gasteiger partial charge in [0.05, 0.1) is 17.4 Å². The highest BCUT2D eigenvalue weighted by atomic mass is 16.5. The number of rotatable bonds is 7. The van der Waals surface area contributed by atoms with Crippen LogP contribution in [0.1, 0.15) is 26.8 Å². The zero-order valence-corrected chi connectivity index (χ0v) is 17.1. The third kappa shape index (κ3) is 3.87. The molecule has 0 fully saturated rings. The Kier molecular flexibility index (Phi) is 5.69. The minimum atomic E-state index is -0.144. The Morgan fingerprint density at radius 3 is 2.64 bits per heavy atom. The number of nitrogens with zero attached hydrogens (tertiary/aromatic N) is 4. The van der Waals surface area contributed by atoms with Crippen LogP contribution in [-0.2, 0) is 0 Å². The van der Waals surface area contributed by atoms with Crippen molar-refractivity contribution >= 4 is 16.7 Å². The van der Waals surface area contributed by atoms with E-state index < -0.39 is 0 Å². The van der Waals surface area contributed by atoms with Crippen LogP contribution in [0.4, 0.5) is 5.82 Å². The number of pyridine rings is 2. The van der Waals surface area contributed by atoms with Gasteiger partial charge in [-0.15, -0.1) is 0 Å². The fourth-order valence-electron chi connectivity index (χ4n) is 2.95. The molecule has 8 heteroatoms. The molecular formula is C20H28N6O2. The SMILES string of the molecule is CC(C)C(C)n1cc(-c2ccc(OCCN(C)C)cn2)c2[nH]nc(N)c2c1=O. The summed E-state index contributed by atoms with van der Waals surface area (Å²) in [6.45, 7) is 7.60. The van der Waals surface area contributed by atoms with Gasteiger partial charge in [-0.25, -0.2) is 0 Å². The smallest absolute Gasteiger partial charge is 0.264 e. The van der Waals surface area contributed by atoms with E-state index in [2.05, 4.69) is 33.9 Å². The van der Waals surface area contributed by atoms with Gasteiger partial charge in [0, 0.05) is 24.3 Å². The summed E-state index contributed by atoms with van der Waals surface area (Å²) in [6, 6.07) is 3.77. The highest BCUT2D eigenvalue weighted by molar-refractivity contribution is 5.97. The molecule has 0 saturated carbocycles. The number of fused-ring (bicyclic) bond motifs is 1. The van der Waals surface area contributed by atoms with Crippen molar-refractivity contribution in [3.63, 3.8) is 0 Å². The standard InChI is InChI=1S/C20H28N6O2/c1-12(2)13(3)26-11-15(18-17(20(26)27)19(21)24-23-18)16-7-6-14(10-22-16)28-9-8-25(4)5/h6-7,10-13H,8-9H2,1-5H3,(H3,21,23,24). The van der Waals surface area contributed by atoms with Gasteiger partial charge < -0.3 is 19.9 Å². The molecule has 0 amide bonds. The number of nitrogens with one attached hydrogen (secondary N) is 1. The van der Waals surface area contributed by atoms with E-state index in [1.54, 1.807) is 10.8 Å². The highest BCUT2D eigenvalue weighted by Gasteiger charge is 2.20. The molecule has 0 aliphatic carbocycles. The second-order valence-corrected chi connectivity index (χ2v) is 7.63. The fraction of sp³-hybridized carbons (Fsp3) is 0.450. The number of hydrogen-bond acceptors (Lipinski definition) is 6. The molecule has 0 saturated heterocycles. The van der Waals surface area contributed by atoms with Crippen LogP contribution in [0.5, 0.6) is 5.75 Å². The van der Waals surface area contributed by atoms with E-state index >= 15 is 0 Å². The first kappa shape index (κ1) is 19.9. The molecular weight excluding hydrogens is 356 g/mol. The second-order valence-electron chi connectivity index (χ2n) is 7.63. The monoisotopic (exact) mass is 384 g/mol. The Hall–Kier alpha value is -2.87. The Balaban J connectivity index is 2.03. The van der Waals surface area contributed by atoms with E-state index in [-0.39, 0.29) is 23.3 Å². The molecule has 28 heavy (non-hydrogen) atoms. The number of nitrogen functional groups attached to an aromatic ring is 1. The summed E-state index contributed by atoms with van der Waals surface area (Å²) in [5.41, 5.74) is 7.93. The van der Waals surface area contributed by atoms with Crippen LogP contribution in [0.15, 0.2) is 29.3 Å². The number of anilines is 1. The van der Waals surface area contributed by atoms with Gasteiger partial charge in [0.25, 0.3) is 5.56 Å². The lowest BCUT2D eigenvalue weighted by Crippen LogP contribution is -2.26. The van der Waals surface area contributed by atoms with Crippen molar-refractivity contribution in [3.05, 3.63) is 34.9 Å². The maximum atomic E-state index is 12.9. The molecule has 8 nitrogen and oxygen atoms in total. The normalized spacial score (nSPS) is 12.8. The number of likely N-dealkylation sites (N-methyl/N-ethyl adjacent to an activating group) is 1. The molecule has 3 rings (SSSR count). The first-order chi connectivity index (χ1) is 13.3. The van der Waals surface area contributed by atoms with Crippen molar-refractivity contribution in [1.82, 2.24) is 24.6 Å². The molecule has 0 bridgehead atoms. The Morgan fingerprint density at radius 2 is 2.04 bits per heavy atom. The van der Waals surface area contributed by atoms with Gasteiger partial charge in [0.15, 0.2) is 5.82 Å². The minimum Gasteiger partial charge on any atom is -0.491 e. The van der Waals surface area contributed by atoms with E-state index in [9.17, 15) is 4.79 Å². The summed E-state index contributed by atoms with van der Waals surface area (Å²) >= 11 is 0. The van der Waals surface area contributed by atoms with E-state index in [0.29, 0.717) is 23.3 Å². The molecule has 150 valence electrons. The maximum Gasteiger partial charge on any atom is 0.264 e. The summed E-state index contributed by atoms with van der Waals surface area (Å²) in [7, 11) is 4.00. The lowest BCUT2D eigenvalue weighted by atomic mass is 10.0. The molecule has 1 unspecified atom stereocenters. The average molecular weight is 384 g/mol. The zero-order chi connectivity index (χ0) is 20.4. The topological polar surface area (TPSA) is 102 Å². The van der Waals surface area contributed by atoms with Crippen LogP contribution in [0.25, 0.3) is 22.2 Å². The third-order valence-corrected chi connectivity index (χ3v) is 5.00. The lowest BCUT2D eigenvalue weighted by molar-refractivity contribution is 0.260. The Morgan fingerprint density at radius 1 is 1.29 bits per heavy atom. The van der Waals surface area contributed by atoms with Crippen molar-refractivity contribution in [3.8, 4) is 17.0 Å². The molecule has 0 spiro atoms. The van der Waals surface area contributed by atoms with Gasteiger partial charge in [0.2, 0.25) is 0 Å². The van der Waals surface area contributed by atoms with Crippen LogP contribution in [0.3, 0.4) is 0 Å². The summed E-state index contributed by atoms with van der Waals surface area (Å²) in [6.07, 6.45) is 3.53. The largest absolute Gasteiger partial charge is 0.491 e. The summed E-state index contributed by atoms with van der Waals surface area (Å²) in [5.74, 6) is 1.20. The number of hydrogen-bond donors (Lipinski definition) is 2. The molecule has 0 aliphatic rings. The van der Waals surface area contributed by atoms with Crippen molar-refractivity contribution in [1.29, 1.82) is 0 Å². The van der Waals surface area contributed by atoms with Crippen molar-refractivity contribution in [2.75, 3.05) is 33.0 Å². The third-order valence-electron chi connectivity index (χ3n) is 5.00. The first-order valence-electron chi connectivity index (χ1n) is 9.42. The van der Waals surface area contributed by atoms with Gasteiger partial charge in [0.1, 0.15) is 17.7 Å². The van der Waals surface area contributed by atoms with Crippen molar-refractivity contribution in [2.45, 2.75) is 26.8 Å². The van der Waals surface area contributed by atoms with Crippen LogP contribution < -0.4 is 16.0 Å². The van der Waals surface area contributed by atoms with Gasteiger partial charge >= 0.3 is 0 Å². The van der Waals surface area contributed by atoms with Crippen LogP contribution in [-0.4, -0.2) is 51.9 Å². The highest BCUT2D eigenvalue weighted by Crippen LogP contribution is 2.29. The summed E-state index contributed by atoms with van der Waals surface area (Å²) < 4.78 is 7.43. The summed E-state index contributed by atoms with van der Waals surface area (Å²) in [4.78, 5) is 19.5. The van der Waals surface area contributed by atoms with Crippen LogP contribution >= 0.6 is 0 Å². The zero-order valence-electron chi connectivity index (χ0n) is 17.1. The van der Waals surface area contributed by atoms with E-state index in [1.165, 1.54) is 0 Å². The van der Waals surface area contributed by atoms with Crippen LogP contribution in [0, 0.1) is 5.92 Å². The fourth-order valence-corrected chi connectivity index (χ4v) is 2.95. The number of nitrogens with two attached hydrogens (primary N) is 1. The van der Waals surface area contributed by atoms with Crippen LogP contribution in [0.2, 0.25) is 0 Å². The first-order valence-corrected chi connectivity index (χ1v) is 9.42. The van der Waals surface area contributed by atoms with E-state index in [1.807, 2.05) is 39.3 Å². The van der Waals surface area contributed by atoms with Gasteiger partial charge in [-0.1, -0.05) is 13.8 Å². The van der Waals surface area contributed by atoms with Crippen molar-refractivity contribution in [2.24, 2.45) is 5.92 Å². The average Bonchev–Trinajstić information content (AvgIpc) is 3.04. The number of H-pyrrole nitrogens is 1. The molecule has 3 aromatic rings. The predicted molar refractivity (Wildman–Crippen MR) is 112 cm³/mol. The molecule has 3 N–H and O–H groups in total. The lowest BCUT2D eigenvalue weighted by Gasteiger charge is -2.20. The maximum absolute atomic E-state index is 12.9. The van der Waals surface area contributed by atoms with Gasteiger partial charge in [-0.05, 0) is 39.1 Å². The van der Waals surface area contributed by atoms with Crippen molar-refractivity contribution < 1.29 is 4.74 Å². The quantitative estimate of drug-likeness (QED) is 0.649. The Bertz CT molecular complexity index is 1000. The molecule has 0 radical (unpaired) electrons. The minimum absolute atomic E-state index is 0.0126. The van der Waals surface area contributed by atoms with Gasteiger partial charge in [-0.3, -0.25) is 14.9 Å². The molecule has 0 aromatic carbocycles. The molecule has 1 atom stereocenters. The number of aromatic amines is 1. The van der Waals surface area contributed by atoms with E-state index in [4.69, 9.17) is 10.5 Å². The predicted octanol–water partition coefficient (Wildman–Crippen LogP) is 2.53. The molecule has 3 aromatic heterocycles. The summed E-state index contributed by atoms with van der Waals surface area (Å²) in [5, 5.41) is 7.33. The molecule has 0 aliphatic heterocycles. The number of aromatic nitrogens is 4.